The zero-order valence-electron chi connectivity index (χ0n) is 11.3. The Morgan fingerprint density at radius 3 is 2.80 bits per heavy atom. The molecule has 0 aromatic heterocycles. The summed E-state index contributed by atoms with van der Waals surface area (Å²) in [5.74, 6) is 1.42. The first-order chi connectivity index (χ1) is 8.94. The topological polar surface area (TPSA) is 79.8 Å². The van der Waals surface area contributed by atoms with Crippen LogP contribution in [0.3, 0.4) is 0 Å². The Bertz CT molecular complexity index is 602. The molecule has 2 N–H and O–H groups in total. The number of amidine groups is 1. The lowest BCUT2D eigenvalue weighted by Crippen LogP contribution is -2.24. The minimum absolute atomic E-state index is 0. The summed E-state index contributed by atoms with van der Waals surface area (Å²) >= 11 is 0. The second kappa shape index (κ2) is 6.81. The van der Waals surface area contributed by atoms with Gasteiger partial charge in [0.2, 0.25) is 10.0 Å². The Kier molecular flexibility index (Phi) is 5.64. The van der Waals surface area contributed by atoms with Crippen LogP contribution in [0.15, 0.2) is 23.2 Å². The van der Waals surface area contributed by atoms with Crippen molar-refractivity contribution in [1.29, 1.82) is 0 Å². The van der Waals surface area contributed by atoms with E-state index in [1.165, 1.54) is 0 Å². The van der Waals surface area contributed by atoms with Crippen LogP contribution in [0.2, 0.25) is 0 Å². The highest BCUT2D eigenvalue weighted by molar-refractivity contribution is 7.92. The summed E-state index contributed by atoms with van der Waals surface area (Å²) < 4.78 is 30.5. The van der Waals surface area contributed by atoms with E-state index in [1.807, 2.05) is 13.0 Å². The van der Waals surface area contributed by atoms with E-state index >= 15 is 0 Å². The van der Waals surface area contributed by atoms with Gasteiger partial charge in [0.05, 0.1) is 18.5 Å². The van der Waals surface area contributed by atoms with Gasteiger partial charge in [-0.2, -0.15) is 0 Å². The van der Waals surface area contributed by atoms with Crippen molar-refractivity contribution in [3.05, 3.63) is 23.8 Å². The fraction of sp³-hybridized carbons (Fsp3) is 0.417. The molecule has 0 unspecified atom stereocenters. The van der Waals surface area contributed by atoms with Crippen LogP contribution in [0.25, 0.3) is 0 Å². The highest BCUT2D eigenvalue weighted by atomic mass is 35.5. The van der Waals surface area contributed by atoms with Gasteiger partial charge < -0.3 is 10.1 Å². The number of sulfonamides is 1. The Morgan fingerprint density at radius 1 is 1.45 bits per heavy atom. The second-order valence-corrected chi connectivity index (χ2v) is 6.14. The molecule has 1 heterocycles. The number of hydrogen-bond donors (Lipinski definition) is 2. The molecule has 0 fully saturated rings. The molecular formula is C12H18ClN3O3S. The van der Waals surface area contributed by atoms with Crippen molar-refractivity contribution >= 4 is 34.0 Å². The van der Waals surface area contributed by atoms with Crippen molar-refractivity contribution < 1.29 is 13.2 Å². The Balaban J connectivity index is 0.00000200. The van der Waals surface area contributed by atoms with Crippen LogP contribution in [0.4, 0.5) is 5.69 Å². The van der Waals surface area contributed by atoms with Gasteiger partial charge in [-0.1, -0.05) is 6.07 Å². The predicted octanol–water partition coefficient (Wildman–Crippen LogP) is 1.17. The van der Waals surface area contributed by atoms with Crippen molar-refractivity contribution in [2.45, 2.75) is 6.92 Å². The summed E-state index contributed by atoms with van der Waals surface area (Å²) in [6.45, 7) is 3.81. The molecule has 0 spiro atoms. The molecular weight excluding hydrogens is 302 g/mol. The normalized spacial score (nSPS) is 14.0. The fourth-order valence-corrected chi connectivity index (χ4v) is 2.32. The van der Waals surface area contributed by atoms with Gasteiger partial charge in [-0.15, -0.1) is 12.4 Å². The van der Waals surface area contributed by atoms with Gasteiger partial charge in [0, 0.05) is 12.6 Å². The van der Waals surface area contributed by atoms with Crippen molar-refractivity contribution in [2.75, 3.05) is 30.7 Å². The largest absolute Gasteiger partial charge is 0.486 e. The third-order valence-electron chi connectivity index (χ3n) is 2.62. The van der Waals surface area contributed by atoms with Gasteiger partial charge in [0.1, 0.15) is 18.2 Å². The number of benzene rings is 1. The number of halogens is 1. The van der Waals surface area contributed by atoms with E-state index in [0.29, 0.717) is 18.0 Å². The average molecular weight is 320 g/mol. The smallest absolute Gasteiger partial charge is 0.229 e. The Hall–Kier alpha value is -1.47. The van der Waals surface area contributed by atoms with Gasteiger partial charge in [0.15, 0.2) is 0 Å². The average Bonchev–Trinajstić information content (AvgIpc) is 2.81. The maximum atomic E-state index is 11.3. The van der Waals surface area contributed by atoms with Crippen molar-refractivity contribution in [3.63, 3.8) is 0 Å². The summed E-state index contributed by atoms with van der Waals surface area (Å²) in [6.07, 6.45) is 1.12. The molecule has 0 saturated carbocycles. The van der Waals surface area contributed by atoms with Gasteiger partial charge >= 0.3 is 0 Å². The van der Waals surface area contributed by atoms with Crippen molar-refractivity contribution in [1.82, 2.24) is 5.32 Å². The van der Waals surface area contributed by atoms with Crippen LogP contribution in [0.1, 0.15) is 5.56 Å². The molecule has 0 amide bonds. The summed E-state index contributed by atoms with van der Waals surface area (Å²) in [6, 6.07) is 5.29. The lowest BCUT2D eigenvalue weighted by atomic mass is 10.2. The van der Waals surface area contributed by atoms with Crippen LogP contribution >= 0.6 is 12.4 Å². The third-order valence-corrected chi connectivity index (χ3v) is 3.21. The molecule has 0 atom stereocenters. The highest BCUT2D eigenvalue weighted by Gasteiger charge is 2.09. The van der Waals surface area contributed by atoms with E-state index < -0.39 is 10.0 Å². The zero-order chi connectivity index (χ0) is 13.9. The molecule has 0 saturated heterocycles. The number of ether oxygens (including phenoxy) is 1. The summed E-state index contributed by atoms with van der Waals surface area (Å²) in [4.78, 5) is 4.22. The van der Waals surface area contributed by atoms with Crippen molar-refractivity contribution in [2.24, 2.45) is 4.99 Å². The highest BCUT2D eigenvalue weighted by Crippen LogP contribution is 2.22. The van der Waals surface area contributed by atoms with E-state index in [-0.39, 0.29) is 12.4 Å². The molecule has 8 heteroatoms. The van der Waals surface area contributed by atoms with Crippen LogP contribution in [0, 0.1) is 6.92 Å². The number of rotatable bonds is 5. The number of aliphatic imine (C=N–C) groups is 1. The minimum Gasteiger partial charge on any atom is -0.486 e. The lowest BCUT2D eigenvalue weighted by Gasteiger charge is -2.11. The minimum atomic E-state index is -3.29. The summed E-state index contributed by atoms with van der Waals surface area (Å²) in [5.41, 5.74) is 1.37. The van der Waals surface area contributed by atoms with Crippen LogP contribution < -0.4 is 14.8 Å². The molecule has 112 valence electrons. The van der Waals surface area contributed by atoms with Crippen LogP contribution in [-0.2, 0) is 10.0 Å². The first-order valence-corrected chi connectivity index (χ1v) is 7.81. The van der Waals surface area contributed by atoms with Gasteiger partial charge in [-0.3, -0.25) is 9.71 Å². The summed E-state index contributed by atoms with van der Waals surface area (Å²) in [5, 5.41) is 3.10. The molecule has 0 aliphatic carbocycles. The number of nitrogens with zero attached hydrogens (tertiary/aromatic N) is 1. The fourth-order valence-electron chi connectivity index (χ4n) is 1.70. The van der Waals surface area contributed by atoms with Crippen LogP contribution in [0.5, 0.6) is 5.75 Å². The number of hydrogen-bond acceptors (Lipinski definition) is 5. The zero-order valence-corrected chi connectivity index (χ0v) is 13.0. The number of aryl methyl sites for hydroxylation is 1. The first-order valence-electron chi connectivity index (χ1n) is 5.92. The lowest BCUT2D eigenvalue weighted by molar-refractivity contribution is 0.373. The molecule has 1 aromatic carbocycles. The Labute approximate surface area is 125 Å². The van der Waals surface area contributed by atoms with Gasteiger partial charge in [-0.25, -0.2) is 8.42 Å². The number of nitrogens with one attached hydrogen (secondary N) is 2. The maximum Gasteiger partial charge on any atom is 0.229 e. The molecule has 2 rings (SSSR count). The van der Waals surface area contributed by atoms with Crippen molar-refractivity contribution in [3.8, 4) is 5.75 Å². The van der Waals surface area contributed by atoms with E-state index in [9.17, 15) is 8.42 Å². The van der Waals surface area contributed by atoms with E-state index in [1.54, 1.807) is 12.1 Å². The SMILES string of the molecule is Cc1ccc(OCC2=NCCN2)cc1NS(C)(=O)=O.Cl. The van der Waals surface area contributed by atoms with E-state index in [4.69, 9.17) is 4.74 Å². The van der Waals surface area contributed by atoms with Gasteiger partial charge in [-0.05, 0) is 18.6 Å². The summed E-state index contributed by atoms with van der Waals surface area (Å²) in [7, 11) is -3.29. The second-order valence-electron chi connectivity index (χ2n) is 4.39. The standard InChI is InChI=1S/C12H17N3O3S.ClH/c1-9-3-4-10(7-11(9)15-19(2,16)17)18-8-12-13-5-6-14-12;/h3-4,7,15H,5-6,8H2,1-2H3,(H,13,14);1H. The molecule has 1 aliphatic heterocycles. The van der Waals surface area contributed by atoms with Crippen LogP contribution in [-0.4, -0.2) is 40.2 Å². The third kappa shape index (κ3) is 4.90. The molecule has 1 aliphatic rings. The predicted molar refractivity (Wildman–Crippen MR) is 82.7 cm³/mol. The molecule has 1 aromatic rings. The molecule has 0 bridgehead atoms. The molecule has 0 radical (unpaired) electrons. The first kappa shape index (κ1) is 16.6. The monoisotopic (exact) mass is 319 g/mol. The number of anilines is 1. The van der Waals surface area contributed by atoms with E-state index in [2.05, 4.69) is 15.0 Å². The molecule has 20 heavy (non-hydrogen) atoms. The van der Waals surface area contributed by atoms with Gasteiger partial charge in [0.25, 0.3) is 0 Å². The quantitative estimate of drug-likeness (QED) is 0.854. The van der Waals surface area contributed by atoms with E-state index in [0.717, 1.165) is 30.7 Å². The maximum absolute atomic E-state index is 11.3. The molecule has 6 nitrogen and oxygen atoms in total. The Morgan fingerprint density at radius 2 is 2.20 bits per heavy atom.